The summed E-state index contributed by atoms with van der Waals surface area (Å²) in [4.78, 5) is 37.5. The molecular formula is C20H16N4O3S. The lowest BCUT2D eigenvalue weighted by atomic mass is 10.2. The first-order valence-corrected chi connectivity index (χ1v) is 9.52. The fraction of sp³-hybridized carbons (Fsp3) is 0.150. The molecule has 2 aromatic carbocycles. The zero-order valence-electron chi connectivity index (χ0n) is 15.0. The number of ketones is 1. The highest BCUT2D eigenvalue weighted by Crippen LogP contribution is 2.29. The summed E-state index contributed by atoms with van der Waals surface area (Å²) < 4.78 is 6.33. The molecule has 0 saturated heterocycles. The van der Waals surface area contributed by atoms with Gasteiger partial charge in [0.05, 0.1) is 40.0 Å². The second-order valence-corrected chi connectivity index (χ2v) is 7.02. The molecule has 1 amide bonds. The lowest BCUT2D eigenvalue weighted by Gasteiger charge is -2.02. The van der Waals surface area contributed by atoms with Crippen LogP contribution in [0, 0.1) is 0 Å². The minimum atomic E-state index is -0.723. The minimum Gasteiger partial charge on any atom is -0.494 e. The number of benzene rings is 2. The number of rotatable bonds is 6. The van der Waals surface area contributed by atoms with Crippen molar-refractivity contribution in [3.05, 3.63) is 54.4 Å². The van der Waals surface area contributed by atoms with Crippen LogP contribution in [0.4, 0.5) is 5.13 Å². The average molecular weight is 392 g/mol. The van der Waals surface area contributed by atoms with Crippen LogP contribution < -0.4 is 10.1 Å². The maximum atomic E-state index is 12.3. The number of thiazole rings is 1. The number of fused-ring (bicyclic) bond motifs is 2. The summed E-state index contributed by atoms with van der Waals surface area (Å²) in [5, 5.41) is 2.94. The van der Waals surface area contributed by atoms with Crippen molar-refractivity contribution in [1.29, 1.82) is 0 Å². The number of hydrogen-bond acceptors (Lipinski definition) is 7. The zero-order valence-corrected chi connectivity index (χ0v) is 15.8. The summed E-state index contributed by atoms with van der Waals surface area (Å²) in [6, 6.07) is 12.9. The molecule has 4 aromatic rings. The second-order valence-electron chi connectivity index (χ2n) is 5.99. The number of carbonyl (C=O) groups is 2. The molecule has 28 heavy (non-hydrogen) atoms. The number of para-hydroxylation sites is 2. The van der Waals surface area contributed by atoms with E-state index >= 15 is 0 Å². The maximum absolute atomic E-state index is 12.3. The first-order valence-electron chi connectivity index (χ1n) is 8.70. The van der Waals surface area contributed by atoms with Gasteiger partial charge in [-0.15, -0.1) is 0 Å². The Morgan fingerprint density at radius 2 is 1.89 bits per heavy atom. The Labute approximate surface area is 164 Å². The Hall–Kier alpha value is -3.39. The van der Waals surface area contributed by atoms with Crippen LogP contribution in [0.3, 0.4) is 0 Å². The molecule has 0 radical (unpaired) electrons. The molecule has 2 aromatic heterocycles. The quantitative estimate of drug-likeness (QED) is 0.506. The predicted molar refractivity (Wildman–Crippen MR) is 108 cm³/mol. The van der Waals surface area contributed by atoms with Crippen molar-refractivity contribution in [3.8, 4) is 5.75 Å². The maximum Gasteiger partial charge on any atom is 0.293 e. The van der Waals surface area contributed by atoms with Crippen LogP contribution in [0.25, 0.3) is 21.3 Å². The van der Waals surface area contributed by atoms with Crippen LogP contribution in [0.2, 0.25) is 0 Å². The van der Waals surface area contributed by atoms with Crippen LogP contribution in [-0.4, -0.2) is 33.2 Å². The fourth-order valence-corrected chi connectivity index (χ4v) is 3.60. The SMILES string of the molecule is CCOc1ccc2nc(NC(=O)C(=O)Cc3cnc4ccccc4n3)sc2c1. The molecule has 7 nitrogen and oxygen atoms in total. The van der Waals surface area contributed by atoms with E-state index in [1.54, 1.807) is 0 Å². The molecule has 140 valence electrons. The van der Waals surface area contributed by atoms with Gasteiger partial charge in [0.1, 0.15) is 5.75 Å². The molecule has 0 unspecified atom stereocenters. The van der Waals surface area contributed by atoms with Gasteiger partial charge < -0.3 is 4.74 Å². The van der Waals surface area contributed by atoms with Gasteiger partial charge in [0, 0.05) is 6.20 Å². The smallest absolute Gasteiger partial charge is 0.293 e. The number of nitrogens with zero attached hydrogens (tertiary/aromatic N) is 3. The third-order valence-electron chi connectivity index (χ3n) is 3.98. The van der Waals surface area contributed by atoms with E-state index in [0.29, 0.717) is 22.9 Å². The highest BCUT2D eigenvalue weighted by molar-refractivity contribution is 7.22. The van der Waals surface area contributed by atoms with Gasteiger partial charge in [0.2, 0.25) is 5.78 Å². The highest BCUT2D eigenvalue weighted by Gasteiger charge is 2.18. The van der Waals surface area contributed by atoms with E-state index in [4.69, 9.17) is 4.74 Å². The van der Waals surface area contributed by atoms with Gasteiger partial charge in [-0.2, -0.15) is 0 Å². The van der Waals surface area contributed by atoms with Crippen LogP contribution in [0.1, 0.15) is 12.6 Å². The van der Waals surface area contributed by atoms with E-state index in [2.05, 4.69) is 20.3 Å². The van der Waals surface area contributed by atoms with Gasteiger partial charge >= 0.3 is 0 Å². The summed E-state index contributed by atoms with van der Waals surface area (Å²) in [5.74, 6) is -0.583. The molecule has 4 rings (SSSR count). The Balaban J connectivity index is 1.46. The molecule has 0 bridgehead atoms. The third-order valence-corrected chi connectivity index (χ3v) is 4.92. The normalized spacial score (nSPS) is 10.9. The van der Waals surface area contributed by atoms with Gasteiger partial charge in [-0.1, -0.05) is 23.5 Å². The number of Topliss-reactive ketones (excluding diaryl/α,β-unsaturated/α-hetero) is 1. The van der Waals surface area contributed by atoms with E-state index in [9.17, 15) is 9.59 Å². The highest BCUT2D eigenvalue weighted by atomic mass is 32.1. The standard InChI is InChI=1S/C20H16N4O3S/c1-2-27-13-7-8-16-18(10-13)28-20(23-16)24-19(26)17(25)9-12-11-21-14-5-3-4-6-15(14)22-12/h3-8,10-11H,2,9H2,1H3,(H,23,24,26). The van der Waals surface area contributed by atoms with Gasteiger partial charge in [0.25, 0.3) is 5.91 Å². The first-order chi connectivity index (χ1) is 13.6. The molecule has 0 aliphatic carbocycles. The molecule has 0 fully saturated rings. The Bertz CT molecular complexity index is 1190. The minimum absolute atomic E-state index is 0.122. The summed E-state index contributed by atoms with van der Waals surface area (Å²) in [6.07, 6.45) is 1.39. The summed E-state index contributed by atoms with van der Waals surface area (Å²) >= 11 is 1.29. The fourth-order valence-electron chi connectivity index (χ4n) is 2.71. The topological polar surface area (TPSA) is 94.1 Å². The molecule has 0 aliphatic heterocycles. The lowest BCUT2D eigenvalue weighted by molar-refractivity contribution is -0.134. The molecule has 0 saturated carbocycles. The van der Waals surface area contributed by atoms with Gasteiger partial charge in [-0.3, -0.25) is 19.9 Å². The van der Waals surface area contributed by atoms with E-state index in [1.807, 2.05) is 49.4 Å². The van der Waals surface area contributed by atoms with E-state index in [-0.39, 0.29) is 6.42 Å². The van der Waals surface area contributed by atoms with Crippen LogP contribution >= 0.6 is 11.3 Å². The van der Waals surface area contributed by atoms with Crippen molar-refractivity contribution in [1.82, 2.24) is 15.0 Å². The third kappa shape index (κ3) is 3.81. The number of ether oxygens (including phenoxy) is 1. The lowest BCUT2D eigenvalue weighted by Crippen LogP contribution is -2.24. The van der Waals surface area contributed by atoms with Crippen LogP contribution in [-0.2, 0) is 16.0 Å². The van der Waals surface area contributed by atoms with Gasteiger partial charge in [0.15, 0.2) is 5.13 Å². The van der Waals surface area contributed by atoms with Crippen molar-refractivity contribution in [2.75, 3.05) is 11.9 Å². The molecular weight excluding hydrogens is 376 g/mol. The first kappa shape index (κ1) is 18.0. The molecule has 0 spiro atoms. The number of aromatic nitrogens is 3. The van der Waals surface area contributed by atoms with Crippen molar-refractivity contribution in [3.63, 3.8) is 0 Å². The number of carbonyl (C=O) groups excluding carboxylic acids is 2. The van der Waals surface area contributed by atoms with E-state index in [0.717, 1.165) is 21.5 Å². The van der Waals surface area contributed by atoms with Crippen molar-refractivity contribution in [2.45, 2.75) is 13.3 Å². The summed E-state index contributed by atoms with van der Waals surface area (Å²) in [6.45, 7) is 2.48. The number of hydrogen-bond donors (Lipinski definition) is 1. The Morgan fingerprint density at radius 3 is 2.71 bits per heavy atom. The molecule has 0 atom stereocenters. The van der Waals surface area contributed by atoms with Gasteiger partial charge in [-0.05, 0) is 37.3 Å². The number of amides is 1. The van der Waals surface area contributed by atoms with Crippen molar-refractivity contribution < 1.29 is 14.3 Å². The van der Waals surface area contributed by atoms with Gasteiger partial charge in [-0.25, -0.2) is 9.97 Å². The second kappa shape index (κ2) is 7.69. The van der Waals surface area contributed by atoms with Crippen LogP contribution in [0.15, 0.2) is 48.7 Å². The molecule has 8 heteroatoms. The van der Waals surface area contributed by atoms with Crippen LogP contribution in [0.5, 0.6) is 5.75 Å². The Morgan fingerprint density at radius 1 is 1.07 bits per heavy atom. The van der Waals surface area contributed by atoms with E-state index in [1.165, 1.54) is 17.5 Å². The molecule has 2 heterocycles. The summed E-state index contributed by atoms with van der Waals surface area (Å²) in [5.41, 5.74) is 2.61. The largest absolute Gasteiger partial charge is 0.494 e. The van der Waals surface area contributed by atoms with Crippen molar-refractivity contribution in [2.24, 2.45) is 0 Å². The number of nitrogens with one attached hydrogen (secondary N) is 1. The zero-order chi connectivity index (χ0) is 19.5. The molecule has 0 aliphatic rings. The summed E-state index contributed by atoms with van der Waals surface area (Å²) in [7, 11) is 0. The van der Waals surface area contributed by atoms with Crippen molar-refractivity contribution >= 4 is 49.4 Å². The predicted octanol–water partition coefficient (Wildman–Crippen LogP) is 3.39. The Kier molecular flexibility index (Phi) is 4.94. The monoisotopic (exact) mass is 392 g/mol. The molecule has 1 N–H and O–H groups in total. The average Bonchev–Trinajstić information content (AvgIpc) is 3.09. The van der Waals surface area contributed by atoms with E-state index < -0.39 is 11.7 Å². The number of anilines is 1.